The van der Waals surface area contributed by atoms with Gasteiger partial charge < -0.3 is 19.9 Å². The van der Waals surface area contributed by atoms with Crippen molar-refractivity contribution >= 4 is 11.9 Å². The second kappa shape index (κ2) is 6.48. The fourth-order valence-electron chi connectivity index (χ4n) is 1.31. The second-order valence-electron chi connectivity index (χ2n) is 3.41. The summed E-state index contributed by atoms with van der Waals surface area (Å²) in [7, 11) is 1.44. The SMILES string of the molecule is CCNC(=O)COc1cc(C(=O)O)ccc1OC. The number of hydrogen-bond donors (Lipinski definition) is 2. The van der Waals surface area contributed by atoms with Crippen molar-refractivity contribution in [2.45, 2.75) is 6.92 Å². The maximum Gasteiger partial charge on any atom is 0.335 e. The quantitative estimate of drug-likeness (QED) is 0.787. The number of carboxylic acids is 1. The molecule has 0 saturated heterocycles. The molecule has 1 aromatic rings. The van der Waals surface area contributed by atoms with Crippen molar-refractivity contribution in [2.24, 2.45) is 0 Å². The van der Waals surface area contributed by atoms with Crippen molar-refractivity contribution in [3.8, 4) is 11.5 Å². The minimum Gasteiger partial charge on any atom is -0.493 e. The van der Waals surface area contributed by atoms with Crippen LogP contribution >= 0.6 is 0 Å². The summed E-state index contributed by atoms with van der Waals surface area (Å²) in [6.45, 7) is 2.12. The Morgan fingerprint density at radius 2 is 2.06 bits per heavy atom. The van der Waals surface area contributed by atoms with Gasteiger partial charge in [-0.15, -0.1) is 0 Å². The molecule has 6 nitrogen and oxygen atoms in total. The standard InChI is InChI=1S/C12H15NO5/c1-3-13-11(14)7-18-10-6-8(12(15)16)4-5-9(10)17-2/h4-6H,3,7H2,1-2H3,(H,13,14)(H,15,16). The number of methoxy groups -OCH3 is 1. The maximum atomic E-state index is 11.2. The van der Waals surface area contributed by atoms with Crippen LogP contribution in [-0.4, -0.2) is 37.2 Å². The third-order valence-electron chi connectivity index (χ3n) is 2.14. The first-order chi connectivity index (χ1) is 8.58. The molecule has 0 spiro atoms. The first-order valence-electron chi connectivity index (χ1n) is 5.39. The maximum absolute atomic E-state index is 11.2. The molecule has 0 saturated carbocycles. The highest BCUT2D eigenvalue weighted by atomic mass is 16.5. The number of carbonyl (C=O) groups excluding carboxylic acids is 1. The summed E-state index contributed by atoms with van der Waals surface area (Å²) in [5, 5.41) is 11.4. The van der Waals surface area contributed by atoms with Crippen molar-refractivity contribution in [3.05, 3.63) is 23.8 Å². The van der Waals surface area contributed by atoms with Crippen LogP contribution < -0.4 is 14.8 Å². The van der Waals surface area contributed by atoms with E-state index in [-0.39, 0.29) is 23.8 Å². The number of nitrogens with one attached hydrogen (secondary N) is 1. The van der Waals surface area contributed by atoms with Gasteiger partial charge in [-0.3, -0.25) is 4.79 Å². The number of ether oxygens (including phenoxy) is 2. The molecule has 2 N–H and O–H groups in total. The van der Waals surface area contributed by atoms with E-state index in [0.29, 0.717) is 12.3 Å². The summed E-state index contributed by atoms with van der Waals surface area (Å²) in [4.78, 5) is 22.1. The first kappa shape index (κ1) is 13.8. The van der Waals surface area contributed by atoms with Crippen molar-refractivity contribution in [1.82, 2.24) is 5.32 Å². The summed E-state index contributed by atoms with van der Waals surface area (Å²) < 4.78 is 10.3. The van der Waals surface area contributed by atoms with E-state index >= 15 is 0 Å². The molecule has 0 bridgehead atoms. The molecular formula is C12H15NO5. The molecular weight excluding hydrogens is 238 g/mol. The molecule has 0 fully saturated rings. The average Bonchev–Trinajstić information content (AvgIpc) is 2.36. The number of carbonyl (C=O) groups is 2. The van der Waals surface area contributed by atoms with Gasteiger partial charge in [0.05, 0.1) is 12.7 Å². The lowest BCUT2D eigenvalue weighted by molar-refractivity contribution is -0.123. The summed E-state index contributed by atoms with van der Waals surface area (Å²) in [5.74, 6) is -0.742. The van der Waals surface area contributed by atoms with Gasteiger partial charge >= 0.3 is 5.97 Å². The van der Waals surface area contributed by atoms with Crippen LogP contribution in [0, 0.1) is 0 Å². The minimum atomic E-state index is -1.07. The largest absolute Gasteiger partial charge is 0.493 e. The fraction of sp³-hybridized carbons (Fsp3) is 0.333. The van der Waals surface area contributed by atoms with E-state index in [4.69, 9.17) is 14.6 Å². The van der Waals surface area contributed by atoms with Crippen LogP contribution in [0.1, 0.15) is 17.3 Å². The van der Waals surface area contributed by atoms with E-state index in [2.05, 4.69) is 5.32 Å². The Balaban J connectivity index is 2.81. The predicted octanol–water partition coefficient (Wildman–Crippen LogP) is 0.908. The lowest BCUT2D eigenvalue weighted by Crippen LogP contribution is -2.28. The highest BCUT2D eigenvalue weighted by molar-refractivity contribution is 5.88. The number of rotatable bonds is 6. The van der Waals surface area contributed by atoms with E-state index in [1.807, 2.05) is 0 Å². The highest BCUT2D eigenvalue weighted by Crippen LogP contribution is 2.27. The molecule has 0 unspecified atom stereocenters. The molecule has 1 rings (SSSR count). The minimum absolute atomic E-state index is 0.0710. The summed E-state index contributed by atoms with van der Waals surface area (Å²) >= 11 is 0. The Morgan fingerprint density at radius 3 is 2.61 bits per heavy atom. The van der Waals surface area contributed by atoms with Crippen LogP contribution in [0.15, 0.2) is 18.2 Å². The van der Waals surface area contributed by atoms with E-state index in [1.165, 1.54) is 25.3 Å². The second-order valence-corrected chi connectivity index (χ2v) is 3.41. The number of amides is 1. The van der Waals surface area contributed by atoms with Gasteiger partial charge in [0.1, 0.15) is 0 Å². The number of likely N-dealkylation sites (N-methyl/N-ethyl adjacent to an activating group) is 1. The van der Waals surface area contributed by atoms with Crippen molar-refractivity contribution in [1.29, 1.82) is 0 Å². The van der Waals surface area contributed by atoms with Gasteiger partial charge in [-0.05, 0) is 25.1 Å². The van der Waals surface area contributed by atoms with Crippen LogP contribution in [0.3, 0.4) is 0 Å². The molecule has 1 amide bonds. The van der Waals surface area contributed by atoms with E-state index in [1.54, 1.807) is 6.92 Å². The average molecular weight is 253 g/mol. The molecule has 0 aliphatic rings. The third-order valence-corrected chi connectivity index (χ3v) is 2.14. The van der Waals surface area contributed by atoms with Crippen LogP contribution in [-0.2, 0) is 4.79 Å². The van der Waals surface area contributed by atoms with Gasteiger partial charge in [-0.2, -0.15) is 0 Å². The number of carboxylic acid groups (broad SMARTS) is 1. The zero-order valence-electron chi connectivity index (χ0n) is 10.2. The molecule has 0 aliphatic carbocycles. The summed E-state index contributed by atoms with van der Waals surface area (Å²) in [6.07, 6.45) is 0. The van der Waals surface area contributed by atoms with Crippen molar-refractivity contribution in [2.75, 3.05) is 20.3 Å². The summed E-state index contributed by atoms with van der Waals surface area (Å²) in [5.41, 5.74) is 0.0710. The zero-order valence-corrected chi connectivity index (χ0v) is 10.2. The van der Waals surface area contributed by atoms with Crippen molar-refractivity contribution in [3.63, 3.8) is 0 Å². The molecule has 0 heterocycles. The van der Waals surface area contributed by atoms with Gasteiger partial charge in [0.2, 0.25) is 0 Å². The van der Waals surface area contributed by atoms with Gasteiger partial charge in [0.15, 0.2) is 18.1 Å². The molecule has 6 heteroatoms. The van der Waals surface area contributed by atoms with Gasteiger partial charge in [0.25, 0.3) is 5.91 Å². The Kier molecular flexibility index (Phi) is 4.98. The third kappa shape index (κ3) is 3.65. The van der Waals surface area contributed by atoms with E-state index < -0.39 is 5.97 Å². The Bertz CT molecular complexity index is 444. The Morgan fingerprint density at radius 1 is 1.33 bits per heavy atom. The van der Waals surface area contributed by atoms with Crippen LogP contribution in [0.5, 0.6) is 11.5 Å². The number of hydrogen-bond acceptors (Lipinski definition) is 4. The molecule has 0 aliphatic heterocycles. The van der Waals surface area contributed by atoms with E-state index in [9.17, 15) is 9.59 Å². The fourth-order valence-corrected chi connectivity index (χ4v) is 1.31. The normalized spacial score (nSPS) is 9.67. The zero-order chi connectivity index (χ0) is 13.5. The molecule has 98 valence electrons. The van der Waals surface area contributed by atoms with Crippen LogP contribution in [0.25, 0.3) is 0 Å². The molecule has 0 radical (unpaired) electrons. The highest BCUT2D eigenvalue weighted by Gasteiger charge is 2.11. The van der Waals surface area contributed by atoms with Crippen molar-refractivity contribution < 1.29 is 24.2 Å². The van der Waals surface area contributed by atoms with Crippen LogP contribution in [0.4, 0.5) is 0 Å². The molecule has 1 aromatic carbocycles. The predicted molar refractivity (Wildman–Crippen MR) is 64.1 cm³/mol. The Hall–Kier alpha value is -2.24. The van der Waals surface area contributed by atoms with E-state index in [0.717, 1.165) is 0 Å². The monoisotopic (exact) mass is 253 g/mol. The Labute approximate surface area is 105 Å². The van der Waals surface area contributed by atoms with Crippen LogP contribution in [0.2, 0.25) is 0 Å². The van der Waals surface area contributed by atoms with Gasteiger partial charge in [-0.25, -0.2) is 4.79 Å². The summed E-state index contributed by atoms with van der Waals surface area (Å²) in [6, 6.07) is 4.21. The first-order valence-corrected chi connectivity index (χ1v) is 5.39. The smallest absolute Gasteiger partial charge is 0.335 e. The van der Waals surface area contributed by atoms with Gasteiger partial charge in [0, 0.05) is 6.54 Å². The number of benzene rings is 1. The molecule has 0 atom stereocenters. The topological polar surface area (TPSA) is 84.9 Å². The molecule has 0 aromatic heterocycles. The van der Waals surface area contributed by atoms with Gasteiger partial charge in [-0.1, -0.05) is 0 Å². The molecule has 18 heavy (non-hydrogen) atoms. The lowest BCUT2D eigenvalue weighted by atomic mass is 10.2. The lowest BCUT2D eigenvalue weighted by Gasteiger charge is -2.11. The number of aromatic carboxylic acids is 1.